The lowest BCUT2D eigenvalue weighted by atomic mass is 10.0. The summed E-state index contributed by atoms with van der Waals surface area (Å²) >= 11 is 0. The van der Waals surface area contributed by atoms with Gasteiger partial charge < -0.3 is 10.2 Å². The average molecular weight is 213 g/mol. The van der Waals surface area contributed by atoms with Crippen molar-refractivity contribution in [1.29, 1.82) is 0 Å². The van der Waals surface area contributed by atoms with Gasteiger partial charge in [-0.1, -0.05) is 12.5 Å². The first kappa shape index (κ1) is 12.2. The fourth-order valence-corrected chi connectivity index (χ4v) is 1.85. The molecule has 0 aliphatic carbocycles. The molecule has 1 unspecified atom stereocenters. The van der Waals surface area contributed by atoms with E-state index < -0.39 is 5.97 Å². The second-order valence-electron chi connectivity index (χ2n) is 4.02. The Balaban J connectivity index is 2.48. The molecule has 86 valence electrons. The average Bonchev–Trinajstić information content (AvgIpc) is 2.26. The molecule has 1 aliphatic rings. The van der Waals surface area contributed by atoms with Crippen LogP contribution in [-0.2, 0) is 4.79 Å². The summed E-state index contributed by atoms with van der Waals surface area (Å²) in [5.41, 5.74) is 0.372. The quantitative estimate of drug-likeness (QED) is 0.680. The summed E-state index contributed by atoms with van der Waals surface area (Å²) in [6, 6.07) is 0.205. The molecular weight excluding hydrogens is 194 g/mol. The third kappa shape index (κ3) is 3.64. The first-order chi connectivity index (χ1) is 7.15. The van der Waals surface area contributed by atoms with E-state index in [9.17, 15) is 4.79 Å². The zero-order chi connectivity index (χ0) is 11.3. The first-order valence-electron chi connectivity index (χ1n) is 5.40. The Labute approximate surface area is 90.2 Å². The smallest absolute Gasteiger partial charge is 0.330 e. The molecule has 0 aromatic rings. The first-order valence-corrected chi connectivity index (χ1v) is 5.40. The van der Waals surface area contributed by atoms with Gasteiger partial charge >= 0.3 is 5.97 Å². The molecule has 0 aromatic heterocycles. The van der Waals surface area contributed by atoms with Crippen molar-refractivity contribution in [1.82, 2.24) is 4.90 Å². The van der Waals surface area contributed by atoms with Crippen LogP contribution in [0.4, 0.5) is 0 Å². The van der Waals surface area contributed by atoms with Gasteiger partial charge in [0, 0.05) is 18.2 Å². The molecule has 0 saturated carbocycles. The predicted molar refractivity (Wildman–Crippen MR) is 57.7 cm³/mol. The standard InChI is InChI=1S/C11H19NO3/c1-9(11(14)15)5-7-12-6-3-2-4-10(12)8-13/h5,10,13H,2-4,6-8H2,1H3,(H,14,15). The molecule has 1 fully saturated rings. The van der Waals surface area contributed by atoms with Gasteiger partial charge in [-0.3, -0.25) is 4.90 Å². The molecule has 1 heterocycles. The number of hydrogen-bond donors (Lipinski definition) is 2. The predicted octanol–water partition coefficient (Wildman–Crippen LogP) is 0.864. The highest BCUT2D eigenvalue weighted by Gasteiger charge is 2.20. The highest BCUT2D eigenvalue weighted by Crippen LogP contribution is 2.16. The largest absolute Gasteiger partial charge is 0.478 e. The van der Waals surface area contributed by atoms with Crippen molar-refractivity contribution in [2.45, 2.75) is 32.2 Å². The topological polar surface area (TPSA) is 60.8 Å². The molecule has 1 atom stereocenters. The van der Waals surface area contributed by atoms with Gasteiger partial charge in [-0.25, -0.2) is 4.79 Å². The van der Waals surface area contributed by atoms with Crippen molar-refractivity contribution in [3.8, 4) is 0 Å². The normalized spacial score (nSPS) is 24.1. The molecule has 1 aliphatic heterocycles. The van der Waals surface area contributed by atoms with E-state index in [0.717, 1.165) is 25.8 Å². The van der Waals surface area contributed by atoms with Gasteiger partial charge in [-0.15, -0.1) is 0 Å². The molecule has 1 saturated heterocycles. The maximum Gasteiger partial charge on any atom is 0.330 e. The molecule has 0 aromatic carbocycles. The number of aliphatic hydroxyl groups excluding tert-OH is 1. The lowest BCUT2D eigenvalue weighted by Crippen LogP contribution is -2.41. The van der Waals surface area contributed by atoms with Crippen LogP contribution in [0.1, 0.15) is 26.2 Å². The minimum Gasteiger partial charge on any atom is -0.478 e. The SMILES string of the molecule is CC(=CCN1CCCCC1CO)C(=O)O. The highest BCUT2D eigenvalue weighted by atomic mass is 16.4. The third-order valence-electron chi connectivity index (χ3n) is 2.93. The molecule has 4 heteroatoms. The molecule has 1 rings (SSSR count). The monoisotopic (exact) mass is 213 g/mol. The zero-order valence-corrected chi connectivity index (χ0v) is 9.15. The van der Waals surface area contributed by atoms with Crippen LogP contribution in [0.2, 0.25) is 0 Å². The Hall–Kier alpha value is -0.870. The van der Waals surface area contributed by atoms with Gasteiger partial charge in [-0.05, 0) is 26.3 Å². The number of piperidine rings is 1. The Morgan fingerprint density at radius 1 is 1.53 bits per heavy atom. The molecule has 0 bridgehead atoms. The van der Waals surface area contributed by atoms with Gasteiger partial charge in [0.25, 0.3) is 0 Å². The summed E-state index contributed by atoms with van der Waals surface area (Å²) in [6.45, 7) is 3.35. The van der Waals surface area contributed by atoms with Crippen LogP contribution >= 0.6 is 0 Å². The Morgan fingerprint density at radius 2 is 2.27 bits per heavy atom. The minimum absolute atomic E-state index is 0.167. The molecule has 0 spiro atoms. The molecule has 15 heavy (non-hydrogen) atoms. The Bertz CT molecular complexity index is 250. The highest BCUT2D eigenvalue weighted by molar-refractivity contribution is 5.85. The van der Waals surface area contributed by atoms with E-state index in [-0.39, 0.29) is 12.6 Å². The fraction of sp³-hybridized carbons (Fsp3) is 0.727. The number of aliphatic hydroxyl groups is 1. The fourth-order valence-electron chi connectivity index (χ4n) is 1.85. The number of nitrogens with zero attached hydrogens (tertiary/aromatic N) is 1. The van der Waals surface area contributed by atoms with Crippen LogP contribution in [-0.4, -0.2) is 46.8 Å². The summed E-state index contributed by atoms with van der Waals surface area (Å²) < 4.78 is 0. The summed E-state index contributed by atoms with van der Waals surface area (Å²) in [6.07, 6.45) is 5.02. The molecule has 0 amide bonds. The van der Waals surface area contributed by atoms with Crippen LogP contribution in [0.15, 0.2) is 11.6 Å². The second kappa shape index (κ2) is 5.88. The van der Waals surface area contributed by atoms with Gasteiger partial charge in [0.2, 0.25) is 0 Å². The second-order valence-corrected chi connectivity index (χ2v) is 4.02. The number of carboxylic acids is 1. The Morgan fingerprint density at radius 3 is 2.87 bits per heavy atom. The lowest BCUT2D eigenvalue weighted by molar-refractivity contribution is -0.132. The van der Waals surface area contributed by atoms with Crippen molar-refractivity contribution in [2.24, 2.45) is 0 Å². The van der Waals surface area contributed by atoms with Crippen LogP contribution in [0.3, 0.4) is 0 Å². The van der Waals surface area contributed by atoms with Crippen molar-refractivity contribution < 1.29 is 15.0 Å². The van der Waals surface area contributed by atoms with E-state index in [1.54, 1.807) is 13.0 Å². The number of carbonyl (C=O) groups is 1. The number of aliphatic carboxylic acids is 1. The maximum atomic E-state index is 10.6. The van der Waals surface area contributed by atoms with E-state index in [1.165, 1.54) is 0 Å². The summed E-state index contributed by atoms with van der Waals surface area (Å²) in [5.74, 6) is -0.868. The molecular formula is C11H19NO3. The third-order valence-corrected chi connectivity index (χ3v) is 2.93. The Kier molecular flexibility index (Phi) is 4.78. The van der Waals surface area contributed by atoms with Crippen molar-refractivity contribution in [3.05, 3.63) is 11.6 Å². The van der Waals surface area contributed by atoms with E-state index in [2.05, 4.69) is 4.90 Å². The lowest BCUT2D eigenvalue weighted by Gasteiger charge is -2.33. The summed E-state index contributed by atoms with van der Waals surface area (Å²) in [5, 5.41) is 17.9. The van der Waals surface area contributed by atoms with Crippen molar-refractivity contribution >= 4 is 5.97 Å². The molecule has 4 nitrogen and oxygen atoms in total. The molecule has 0 radical (unpaired) electrons. The van der Waals surface area contributed by atoms with Crippen LogP contribution in [0.5, 0.6) is 0 Å². The number of likely N-dealkylation sites (tertiary alicyclic amines) is 1. The van der Waals surface area contributed by atoms with Crippen LogP contribution < -0.4 is 0 Å². The van der Waals surface area contributed by atoms with Crippen molar-refractivity contribution in [3.63, 3.8) is 0 Å². The molecule has 2 N–H and O–H groups in total. The van der Waals surface area contributed by atoms with Gasteiger partial charge in [0.05, 0.1) is 6.61 Å². The van der Waals surface area contributed by atoms with E-state index in [1.807, 2.05) is 0 Å². The minimum atomic E-state index is -0.868. The summed E-state index contributed by atoms with van der Waals surface area (Å²) in [4.78, 5) is 12.7. The maximum absolute atomic E-state index is 10.6. The van der Waals surface area contributed by atoms with E-state index in [0.29, 0.717) is 12.1 Å². The number of carboxylic acid groups (broad SMARTS) is 1. The van der Waals surface area contributed by atoms with Crippen LogP contribution in [0.25, 0.3) is 0 Å². The van der Waals surface area contributed by atoms with E-state index >= 15 is 0 Å². The van der Waals surface area contributed by atoms with Gasteiger partial charge in [0.1, 0.15) is 0 Å². The number of rotatable bonds is 4. The van der Waals surface area contributed by atoms with Gasteiger partial charge in [0.15, 0.2) is 0 Å². The summed E-state index contributed by atoms with van der Waals surface area (Å²) in [7, 11) is 0. The van der Waals surface area contributed by atoms with Gasteiger partial charge in [-0.2, -0.15) is 0 Å². The van der Waals surface area contributed by atoms with Crippen molar-refractivity contribution in [2.75, 3.05) is 19.7 Å². The zero-order valence-electron chi connectivity index (χ0n) is 9.15. The van der Waals surface area contributed by atoms with E-state index in [4.69, 9.17) is 10.2 Å². The van der Waals surface area contributed by atoms with Crippen LogP contribution in [0, 0.1) is 0 Å². The number of hydrogen-bond acceptors (Lipinski definition) is 3.